The lowest BCUT2D eigenvalue weighted by Gasteiger charge is -2.04. The molecule has 0 aliphatic carbocycles. The molecule has 0 unspecified atom stereocenters. The van der Waals surface area contributed by atoms with E-state index in [2.05, 4.69) is 0 Å². The van der Waals surface area contributed by atoms with Crippen LogP contribution in [0.3, 0.4) is 0 Å². The highest BCUT2D eigenvalue weighted by Crippen LogP contribution is 1.91. The van der Waals surface area contributed by atoms with Crippen LogP contribution in [0.5, 0.6) is 0 Å². The normalized spacial score (nSPS) is 11.6. The molecular weight excluding hydrogens is 192 g/mol. The Morgan fingerprint density at radius 3 is 2.14 bits per heavy atom. The molecule has 0 aromatic heterocycles. The number of hydrogen-bond acceptors (Lipinski definition) is 5. The summed E-state index contributed by atoms with van der Waals surface area (Å²) in [6.45, 7) is 0. The van der Waals surface area contributed by atoms with Crippen LogP contribution in [0.25, 0.3) is 0 Å². The molecule has 0 saturated carbocycles. The highest BCUT2D eigenvalue weighted by Gasteiger charge is 2.02. The van der Waals surface area contributed by atoms with Crippen LogP contribution in [0.15, 0.2) is 24.0 Å². The number of rotatable bonds is 5. The minimum Gasteiger partial charge on any atom is -0.872 e. The van der Waals surface area contributed by atoms with Gasteiger partial charge in [0.15, 0.2) is 5.78 Å². The number of carboxylic acids is 2. The van der Waals surface area contributed by atoms with E-state index in [9.17, 15) is 24.6 Å². The predicted molar refractivity (Wildman–Crippen MR) is 39.5 cm³/mol. The molecule has 0 rings (SSSR count). The molecule has 0 aliphatic rings. The fraction of sp³-hybridized carbons (Fsp3) is 0.125. The lowest BCUT2D eigenvalue weighted by atomic mass is 10.2. The van der Waals surface area contributed by atoms with Gasteiger partial charge in [-0.1, -0.05) is 6.08 Å². The Kier molecular flexibility index (Phi) is 4.69. The third-order valence-electron chi connectivity index (χ3n) is 1.01. The van der Waals surface area contributed by atoms with E-state index in [1.54, 1.807) is 0 Å². The van der Waals surface area contributed by atoms with Gasteiger partial charge in [-0.05, 0) is 12.2 Å². The van der Waals surface area contributed by atoms with E-state index in [0.717, 1.165) is 0 Å². The molecule has 76 valence electrons. The molecule has 14 heavy (non-hydrogen) atoms. The van der Waals surface area contributed by atoms with Crippen molar-refractivity contribution in [1.29, 1.82) is 0 Å². The lowest BCUT2D eigenvalue weighted by Crippen LogP contribution is -2.19. The Hall–Kier alpha value is -2.11. The van der Waals surface area contributed by atoms with Crippen molar-refractivity contribution >= 4 is 17.7 Å². The van der Waals surface area contributed by atoms with E-state index in [0.29, 0.717) is 18.2 Å². The standard InChI is InChI=1S/C8H8O6/c9-5(1-2-7(11)12)3-6(10)4-8(13)14/h1-3,9H,4H2,(H,11,12)(H,13,14)/p-2/b2-1-,5-3+. The largest absolute Gasteiger partial charge is 0.872 e. The summed E-state index contributed by atoms with van der Waals surface area (Å²) < 4.78 is 0. The van der Waals surface area contributed by atoms with Gasteiger partial charge >= 0.3 is 5.97 Å². The second kappa shape index (κ2) is 5.52. The van der Waals surface area contributed by atoms with E-state index >= 15 is 0 Å². The number of carbonyl (C=O) groups is 3. The second-order valence-electron chi connectivity index (χ2n) is 2.24. The van der Waals surface area contributed by atoms with E-state index < -0.39 is 29.9 Å². The van der Waals surface area contributed by atoms with Crippen LogP contribution in [-0.4, -0.2) is 22.8 Å². The zero-order valence-electron chi connectivity index (χ0n) is 6.93. The van der Waals surface area contributed by atoms with Gasteiger partial charge in [-0.25, -0.2) is 0 Å². The van der Waals surface area contributed by atoms with Crippen molar-refractivity contribution in [1.82, 2.24) is 0 Å². The van der Waals surface area contributed by atoms with Gasteiger partial charge in [0.25, 0.3) is 0 Å². The molecule has 0 radical (unpaired) electrons. The molecule has 0 spiro atoms. The highest BCUT2D eigenvalue weighted by atomic mass is 16.4. The predicted octanol–water partition coefficient (Wildman–Crippen LogP) is -2.42. The first-order chi connectivity index (χ1) is 6.41. The summed E-state index contributed by atoms with van der Waals surface area (Å²) in [5.41, 5.74) is 0. The highest BCUT2D eigenvalue weighted by molar-refractivity contribution is 6.01. The minimum absolute atomic E-state index is 0.451. The van der Waals surface area contributed by atoms with Gasteiger partial charge in [-0.15, -0.1) is 5.76 Å². The summed E-state index contributed by atoms with van der Waals surface area (Å²) in [5.74, 6) is -4.72. The number of carbonyl (C=O) groups excluding carboxylic acids is 2. The van der Waals surface area contributed by atoms with Crippen LogP contribution in [0, 0.1) is 0 Å². The zero-order valence-corrected chi connectivity index (χ0v) is 6.93. The first kappa shape index (κ1) is 11.9. The third kappa shape index (κ3) is 6.59. The summed E-state index contributed by atoms with van der Waals surface area (Å²) in [5, 5.41) is 28.7. The molecular formula is C8H6O6-2. The summed E-state index contributed by atoms with van der Waals surface area (Å²) in [4.78, 5) is 30.5. The summed E-state index contributed by atoms with van der Waals surface area (Å²) in [6, 6.07) is 0. The molecule has 0 heterocycles. The summed E-state index contributed by atoms with van der Waals surface area (Å²) in [7, 11) is 0. The van der Waals surface area contributed by atoms with Crippen LogP contribution in [0.4, 0.5) is 0 Å². The Labute approximate surface area is 78.8 Å². The molecule has 0 fully saturated rings. The van der Waals surface area contributed by atoms with Gasteiger partial charge < -0.3 is 20.1 Å². The number of carboxylic acid groups (broad SMARTS) is 2. The molecule has 0 saturated heterocycles. The number of hydrogen-bond donors (Lipinski definition) is 1. The average Bonchev–Trinajstić information content (AvgIpc) is 1.98. The Balaban J connectivity index is 4.30. The molecule has 0 bridgehead atoms. The van der Waals surface area contributed by atoms with Crippen LogP contribution in [0.2, 0.25) is 0 Å². The minimum atomic E-state index is -1.57. The SMILES string of the molecule is O=C([O-])/C=C\C([O-])=C/C(=O)CC(=O)O. The van der Waals surface area contributed by atoms with Crippen LogP contribution >= 0.6 is 0 Å². The van der Waals surface area contributed by atoms with Crippen LogP contribution < -0.4 is 10.2 Å². The topological polar surface area (TPSA) is 118 Å². The smallest absolute Gasteiger partial charge is 0.311 e. The fourth-order valence-electron chi connectivity index (χ4n) is 0.557. The number of aliphatic carboxylic acids is 2. The molecule has 6 heteroatoms. The molecule has 0 aromatic rings. The van der Waals surface area contributed by atoms with Gasteiger partial charge in [0.2, 0.25) is 0 Å². The Morgan fingerprint density at radius 2 is 1.71 bits per heavy atom. The third-order valence-corrected chi connectivity index (χ3v) is 1.01. The van der Waals surface area contributed by atoms with Crippen molar-refractivity contribution < 1.29 is 29.7 Å². The molecule has 0 atom stereocenters. The summed E-state index contributed by atoms with van der Waals surface area (Å²) >= 11 is 0. The van der Waals surface area contributed by atoms with Gasteiger partial charge in [0.1, 0.15) is 6.42 Å². The number of ketones is 1. The van der Waals surface area contributed by atoms with Crippen molar-refractivity contribution in [3.63, 3.8) is 0 Å². The fourth-order valence-corrected chi connectivity index (χ4v) is 0.557. The van der Waals surface area contributed by atoms with Crippen molar-refractivity contribution in [3.05, 3.63) is 24.0 Å². The zero-order chi connectivity index (χ0) is 11.1. The van der Waals surface area contributed by atoms with Crippen molar-refractivity contribution in [2.45, 2.75) is 6.42 Å². The maximum Gasteiger partial charge on any atom is 0.311 e. The van der Waals surface area contributed by atoms with Crippen molar-refractivity contribution in [3.8, 4) is 0 Å². The van der Waals surface area contributed by atoms with E-state index in [-0.39, 0.29) is 0 Å². The maximum atomic E-state index is 10.7. The van der Waals surface area contributed by atoms with Gasteiger partial charge in [0.05, 0.1) is 5.97 Å². The second-order valence-corrected chi connectivity index (χ2v) is 2.24. The van der Waals surface area contributed by atoms with E-state index in [1.165, 1.54) is 0 Å². The molecule has 0 aliphatic heterocycles. The molecule has 0 amide bonds. The Morgan fingerprint density at radius 1 is 1.14 bits per heavy atom. The monoisotopic (exact) mass is 198 g/mol. The molecule has 6 nitrogen and oxygen atoms in total. The lowest BCUT2D eigenvalue weighted by molar-refractivity contribution is -0.300. The first-order valence-corrected chi connectivity index (χ1v) is 3.44. The Bertz CT molecular complexity index is 312. The van der Waals surface area contributed by atoms with E-state index in [4.69, 9.17) is 5.11 Å². The van der Waals surface area contributed by atoms with Crippen molar-refractivity contribution in [2.75, 3.05) is 0 Å². The van der Waals surface area contributed by atoms with Gasteiger partial charge in [-0.2, -0.15) is 0 Å². The molecule has 0 aromatic carbocycles. The molecule has 1 N–H and O–H groups in total. The summed E-state index contributed by atoms with van der Waals surface area (Å²) in [6.07, 6.45) is 0.764. The quantitative estimate of drug-likeness (QED) is 0.227. The van der Waals surface area contributed by atoms with Gasteiger partial charge in [-0.3, -0.25) is 9.59 Å². The van der Waals surface area contributed by atoms with Crippen molar-refractivity contribution in [2.24, 2.45) is 0 Å². The first-order valence-electron chi connectivity index (χ1n) is 3.44. The number of allylic oxidation sites excluding steroid dienone is 2. The average molecular weight is 198 g/mol. The van der Waals surface area contributed by atoms with Crippen LogP contribution in [0.1, 0.15) is 6.42 Å². The van der Waals surface area contributed by atoms with Gasteiger partial charge in [0, 0.05) is 0 Å². The maximum absolute atomic E-state index is 10.7. The van der Waals surface area contributed by atoms with E-state index in [1.807, 2.05) is 0 Å². The van der Waals surface area contributed by atoms with Crippen LogP contribution in [-0.2, 0) is 14.4 Å².